The average molecular weight is 564 g/mol. The summed E-state index contributed by atoms with van der Waals surface area (Å²) in [6, 6.07) is 6.11. The molecule has 2 N–H and O–H groups in total. The van der Waals surface area contributed by atoms with Gasteiger partial charge in [-0.05, 0) is 38.8 Å². The topological polar surface area (TPSA) is 142 Å². The number of nitrogens with zero attached hydrogens (tertiary/aromatic N) is 4. The highest BCUT2D eigenvalue weighted by Gasteiger charge is 2.37. The number of oxime groups is 1. The second kappa shape index (κ2) is 11.9. The van der Waals surface area contributed by atoms with Gasteiger partial charge in [0.05, 0.1) is 16.8 Å². The average Bonchev–Trinajstić information content (AvgIpc) is 3.66. The number of piperazine rings is 1. The number of hydrogen-bond acceptors (Lipinski definition) is 10. The van der Waals surface area contributed by atoms with Crippen LogP contribution in [0.3, 0.4) is 0 Å². The molecule has 1 aromatic heterocycles. The van der Waals surface area contributed by atoms with Gasteiger partial charge >= 0.3 is 0 Å². The van der Waals surface area contributed by atoms with Crippen molar-refractivity contribution in [1.82, 2.24) is 14.8 Å². The molecule has 0 radical (unpaired) electrons. The zero-order valence-corrected chi connectivity index (χ0v) is 23.3. The van der Waals surface area contributed by atoms with Crippen molar-refractivity contribution in [3.63, 3.8) is 0 Å². The number of hydrogen-bond donors (Lipinski definition) is 2. The molecule has 1 aromatic carbocycles. The number of aromatic nitrogens is 1. The Morgan fingerprint density at radius 2 is 1.97 bits per heavy atom. The smallest absolute Gasteiger partial charge is 0.280 e. The van der Waals surface area contributed by atoms with Gasteiger partial charge in [-0.1, -0.05) is 17.3 Å². The van der Waals surface area contributed by atoms with E-state index in [0.29, 0.717) is 36.6 Å². The highest BCUT2D eigenvalue weighted by atomic mass is 32.2. The Labute approximate surface area is 226 Å². The number of rotatable bonds is 10. The van der Waals surface area contributed by atoms with Gasteiger partial charge in [0.25, 0.3) is 5.91 Å². The van der Waals surface area contributed by atoms with E-state index in [4.69, 9.17) is 4.84 Å². The van der Waals surface area contributed by atoms with Crippen molar-refractivity contribution < 1.29 is 28.0 Å². The van der Waals surface area contributed by atoms with Crippen molar-refractivity contribution in [2.45, 2.75) is 62.4 Å². The second-order valence-electron chi connectivity index (χ2n) is 9.69. The lowest BCUT2D eigenvalue weighted by molar-refractivity contribution is -0.133. The molecule has 0 bridgehead atoms. The molecule has 2 aromatic rings. The van der Waals surface area contributed by atoms with Crippen LogP contribution in [0.1, 0.15) is 44.1 Å². The Bertz CT molecular complexity index is 1290. The largest absolute Gasteiger partial charge is 0.392 e. The number of benzene rings is 1. The number of nitrogens with one attached hydrogen (secondary N) is 1. The summed E-state index contributed by atoms with van der Waals surface area (Å²) < 4.78 is 25.0. The number of anilines is 1. The van der Waals surface area contributed by atoms with Crippen LogP contribution >= 0.6 is 11.3 Å². The lowest BCUT2D eigenvalue weighted by Gasteiger charge is -2.39. The van der Waals surface area contributed by atoms with Crippen LogP contribution in [0.2, 0.25) is 0 Å². The summed E-state index contributed by atoms with van der Waals surface area (Å²) in [6.45, 7) is 7.77. The van der Waals surface area contributed by atoms with E-state index in [2.05, 4.69) is 20.4 Å². The first-order valence-corrected chi connectivity index (χ1v) is 14.9. The molecule has 2 aliphatic rings. The number of sulfone groups is 1. The number of thiazole rings is 1. The van der Waals surface area contributed by atoms with Crippen LogP contribution < -0.4 is 5.32 Å². The molecule has 13 heteroatoms. The van der Waals surface area contributed by atoms with Gasteiger partial charge < -0.3 is 14.8 Å². The standard InChI is InChI=1S/C25H33N5O6S2/c1-16-13-29(10-11-30(16)18(3)32)14-20-12-26-25(37-20)27-24(33)23(28-36-17(2)15-31)19-4-6-21(7-5-19)38(34,35)22-8-9-22/h4-7,12,16-17,22,31H,8-11,13-15H2,1-3H3,(H,26,27,33)/t16-,17+/m0/s1. The first kappa shape index (κ1) is 28.1. The fraction of sp³-hybridized carbons (Fsp3) is 0.520. The van der Waals surface area contributed by atoms with E-state index in [1.54, 1.807) is 20.0 Å². The third-order valence-corrected chi connectivity index (χ3v) is 9.66. The van der Waals surface area contributed by atoms with E-state index in [1.165, 1.54) is 35.6 Å². The molecule has 1 saturated carbocycles. The van der Waals surface area contributed by atoms with Crippen molar-refractivity contribution in [3.05, 3.63) is 40.9 Å². The van der Waals surface area contributed by atoms with Gasteiger partial charge in [-0.2, -0.15) is 0 Å². The number of aliphatic hydroxyl groups excluding tert-OH is 1. The SMILES string of the molecule is CC(=O)N1CCN(Cc2cnc(NC(=O)C(=NO[C@H](C)CO)c3ccc(S(=O)(=O)C4CC4)cc3)s2)C[C@@H]1C. The molecule has 2 amide bonds. The Kier molecular flexibility index (Phi) is 8.81. The minimum absolute atomic E-state index is 0.0633. The van der Waals surface area contributed by atoms with Crippen molar-refractivity contribution in [2.24, 2.45) is 5.16 Å². The maximum absolute atomic E-state index is 13.2. The van der Waals surface area contributed by atoms with E-state index in [9.17, 15) is 23.1 Å². The minimum atomic E-state index is -3.36. The summed E-state index contributed by atoms with van der Waals surface area (Å²) in [7, 11) is -3.36. The molecule has 206 valence electrons. The van der Waals surface area contributed by atoms with E-state index >= 15 is 0 Å². The number of aliphatic hydroxyl groups is 1. The normalized spacial score (nSPS) is 19.7. The quantitative estimate of drug-likeness (QED) is 0.330. The Morgan fingerprint density at radius 3 is 2.58 bits per heavy atom. The molecular formula is C25H33N5O6S2. The van der Waals surface area contributed by atoms with Crippen LogP contribution in [-0.4, -0.2) is 89.5 Å². The Morgan fingerprint density at radius 1 is 1.26 bits per heavy atom. The van der Waals surface area contributed by atoms with Crippen molar-refractivity contribution in [2.75, 3.05) is 31.6 Å². The highest BCUT2D eigenvalue weighted by molar-refractivity contribution is 7.92. The van der Waals surface area contributed by atoms with Gasteiger partial charge in [0.15, 0.2) is 20.7 Å². The summed E-state index contributed by atoms with van der Waals surface area (Å²) >= 11 is 1.34. The van der Waals surface area contributed by atoms with E-state index in [-0.39, 0.29) is 34.4 Å². The Balaban J connectivity index is 1.44. The van der Waals surface area contributed by atoms with Gasteiger partial charge in [-0.25, -0.2) is 13.4 Å². The Hall–Kier alpha value is -2.87. The number of carbonyl (C=O) groups excluding carboxylic acids is 2. The van der Waals surface area contributed by atoms with E-state index in [0.717, 1.165) is 18.0 Å². The fourth-order valence-electron chi connectivity index (χ4n) is 4.23. The van der Waals surface area contributed by atoms with Crippen LogP contribution in [-0.2, 0) is 30.8 Å². The van der Waals surface area contributed by atoms with Crippen molar-refractivity contribution in [1.29, 1.82) is 0 Å². The summed E-state index contributed by atoms with van der Waals surface area (Å²) in [4.78, 5) is 39.8. The first-order valence-electron chi connectivity index (χ1n) is 12.5. The lowest BCUT2D eigenvalue weighted by atomic mass is 10.1. The second-order valence-corrected chi connectivity index (χ2v) is 13.0. The fourth-order valence-corrected chi connectivity index (χ4v) is 6.74. The van der Waals surface area contributed by atoms with Crippen LogP contribution in [0.25, 0.3) is 0 Å². The predicted octanol–water partition coefficient (Wildman–Crippen LogP) is 1.87. The van der Waals surface area contributed by atoms with Gasteiger partial charge in [-0.3, -0.25) is 19.8 Å². The van der Waals surface area contributed by atoms with Crippen molar-refractivity contribution in [3.8, 4) is 0 Å². The predicted molar refractivity (Wildman–Crippen MR) is 144 cm³/mol. The molecule has 1 saturated heterocycles. The number of carbonyl (C=O) groups is 2. The summed E-state index contributed by atoms with van der Waals surface area (Å²) in [5.74, 6) is -0.494. The van der Waals surface area contributed by atoms with Gasteiger partial charge in [0.2, 0.25) is 5.91 Å². The van der Waals surface area contributed by atoms with E-state index in [1.807, 2.05) is 11.8 Å². The van der Waals surface area contributed by atoms with Gasteiger partial charge in [0, 0.05) is 55.8 Å². The molecule has 0 unspecified atom stereocenters. The maximum atomic E-state index is 13.2. The minimum Gasteiger partial charge on any atom is -0.392 e. The van der Waals surface area contributed by atoms with Crippen LogP contribution in [0.5, 0.6) is 0 Å². The molecule has 2 fully saturated rings. The third-order valence-electron chi connectivity index (χ3n) is 6.49. The summed E-state index contributed by atoms with van der Waals surface area (Å²) in [6.07, 6.45) is 2.40. The molecule has 1 aliphatic carbocycles. The molecule has 11 nitrogen and oxygen atoms in total. The van der Waals surface area contributed by atoms with Crippen LogP contribution in [0.15, 0.2) is 40.5 Å². The lowest BCUT2D eigenvalue weighted by Crippen LogP contribution is -2.52. The van der Waals surface area contributed by atoms with Gasteiger partial charge in [0.1, 0.15) is 6.10 Å². The molecular weight excluding hydrogens is 530 g/mol. The molecule has 0 spiro atoms. The molecule has 1 aliphatic heterocycles. The van der Waals surface area contributed by atoms with E-state index < -0.39 is 21.8 Å². The van der Waals surface area contributed by atoms with Crippen LogP contribution in [0.4, 0.5) is 5.13 Å². The zero-order chi connectivity index (χ0) is 27.4. The monoisotopic (exact) mass is 563 g/mol. The third kappa shape index (κ3) is 6.76. The van der Waals surface area contributed by atoms with Crippen LogP contribution in [0, 0.1) is 0 Å². The summed E-state index contributed by atoms with van der Waals surface area (Å²) in [5.41, 5.74) is 0.308. The molecule has 2 heterocycles. The highest BCUT2D eigenvalue weighted by Crippen LogP contribution is 2.33. The number of amides is 2. The molecule has 38 heavy (non-hydrogen) atoms. The zero-order valence-electron chi connectivity index (χ0n) is 21.7. The molecule has 4 rings (SSSR count). The summed E-state index contributed by atoms with van der Waals surface area (Å²) in [5, 5.41) is 16.0. The van der Waals surface area contributed by atoms with Gasteiger partial charge in [-0.15, -0.1) is 11.3 Å². The first-order chi connectivity index (χ1) is 18.1. The van der Waals surface area contributed by atoms with Crippen molar-refractivity contribution >= 4 is 43.8 Å². The maximum Gasteiger partial charge on any atom is 0.280 e. The molecule has 2 atom stereocenters.